The maximum absolute atomic E-state index is 14.0. The summed E-state index contributed by atoms with van der Waals surface area (Å²) in [5, 5.41) is 12.2. The van der Waals surface area contributed by atoms with Gasteiger partial charge in [0.25, 0.3) is 0 Å². The molecule has 234 valence electrons. The molecule has 0 amide bonds. The van der Waals surface area contributed by atoms with Gasteiger partial charge in [-0.25, -0.2) is 0 Å². The van der Waals surface area contributed by atoms with Crippen LogP contribution in [0, 0.1) is 10.8 Å². The highest BCUT2D eigenvalue weighted by atomic mass is 16.5. The Labute approximate surface area is 264 Å². The molecule has 1 heterocycles. The molecule has 45 heavy (non-hydrogen) atoms. The van der Waals surface area contributed by atoms with Crippen LogP contribution in [-0.4, -0.2) is 40.7 Å². The van der Waals surface area contributed by atoms with Crippen LogP contribution in [0.1, 0.15) is 77.3 Å². The Bertz CT molecular complexity index is 1720. The molecule has 0 unspecified atom stereocenters. The van der Waals surface area contributed by atoms with E-state index in [9.17, 15) is 19.5 Å². The number of Topliss-reactive ketones (excluding diaryl/α,β-unsaturated/α-hetero) is 2. The van der Waals surface area contributed by atoms with Gasteiger partial charge < -0.3 is 19.5 Å². The molecule has 0 saturated heterocycles. The smallest absolute Gasteiger partial charge is 0.323 e. The number of fused-ring (bicyclic) bond motifs is 1. The van der Waals surface area contributed by atoms with Gasteiger partial charge in [-0.1, -0.05) is 76.2 Å². The summed E-state index contributed by atoms with van der Waals surface area (Å²) in [5.41, 5.74) is 3.68. The molecule has 7 nitrogen and oxygen atoms in total. The lowest BCUT2D eigenvalue weighted by Crippen LogP contribution is -2.45. The largest absolute Gasteiger partial charge is 0.490 e. The molecule has 0 atom stereocenters. The first-order valence-corrected chi connectivity index (χ1v) is 15.8. The van der Waals surface area contributed by atoms with Crippen LogP contribution in [0.2, 0.25) is 0 Å². The van der Waals surface area contributed by atoms with Gasteiger partial charge in [-0.05, 0) is 64.6 Å². The summed E-state index contributed by atoms with van der Waals surface area (Å²) in [6, 6.07) is 20.0. The number of allylic oxidation sites excluding steroid dienone is 4. The number of carbonyl (C=O) groups excluding carboxylic acids is 2. The molecule has 7 heteroatoms. The van der Waals surface area contributed by atoms with E-state index in [0.717, 1.165) is 33.3 Å². The number of hydrogen-bond acceptors (Lipinski definition) is 6. The fourth-order valence-corrected chi connectivity index (χ4v) is 7.37. The molecule has 3 aromatic carbocycles. The van der Waals surface area contributed by atoms with Gasteiger partial charge in [0.2, 0.25) is 0 Å². The Balaban J connectivity index is 1.46. The number of aliphatic carboxylic acids is 1. The van der Waals surface area contributed by atoms with Crippen molar-refractivity contribution in [3.63, 3.8) is 0 Å². The van der Waals surface area contributed by atoms with Crippen molar-refractivity contribution in [1.82, 2.24) is 4.90 Å². The van der Waals surface area contributed by atoms with E-state index in [1.807, 2.05) is 71.0 Å². The number of ether oxygens (including phenoxy) is 2. The first kappa shape index (κ1) is 30.6. The molecule has 0 fully saturated rings. The summed E-state index contributed by atoms with van der Waals surface area (Å²) in [5.74, 6) is -0.559. The minimum atomic E-state index is -0.995. The molecule has 2 aliphatic carbocycles. The molecule has 3 aliphatic rings. The van der Waals surface area contributed by atoms with Crippen LogP contribution in [0.3, 0.4) is 0 Å². The number of carboxylic acid groups (broad SMARTS) is 1. The van der Waals surface area contributed by atoms with Crippen molar-refractivity contribution in [2.24, 2.45) is 10.8 Å². The van der Waals surface area contributed by atoms with Crippen LogP contribution < -0.4 is 9.47 Å². The fourth-order valence-electron chi connectivity index (χ4n) is 7.37. The number of carbonyl (C=O) groups is 3. The zero-order valence-corrected chi connectivity index (χ0v) is 26.7. The van der Waals surface area contributed by atoms with E-state index < -0.39 is 11.9 Å². The highest BCUT2D eigenvalue weighted by molar-refractivity contribution is 6.07. The minimum absolute atomic E-state index is 0.0416. The highest BCUT2D eigenvalue weighted by Crippen LogP contribution is 2.55. The zero-order valence-electron chi connectivity index (χ0n) is 26.7. The third kappa shape index (κ3) is 5.88. The summed E-state index contributed by atoms with van der Waals surface area (Å²) in [4.78, 5) is 41.9. The SMILES string of the molecule is CCOc1cc(C2C3=C(CC(C)(C)CC3=O)N(CC(=O)O)C3=C2C(=O)CC(C)(C)C3)ccc1OCc1cccc2ccccc12. The van der Waals surface area contributed by atoms with Gasteiger partial charge in [-0.15, -0.1) is 0 Å². The standard InChI is InChI=1S/C38H41NO6/c1-6-44-32-16-24(14-15-31(32)45-22-25-12-9-11-23-10-7-8-13-26(23)25)34-35-27(17-37(2,3)19-29(35)40)39(21-33(42)43)28-18-38(4,5)20-30(41)36(28)34/h7-16,34H,6,17-22H2,1-5H3,(H,42,43). The number of hydrogen-bond donors (Lipinski definition) is 1. The number of ketones is 2. The van der Waals surface area contributed by atoms with Crippen LogP contribution >= 0.6 is 0 Å². The van der Waals surface area contributed by atoms with Crippen molar-refractivity contribution in [2.45, 2.75) is 72.8 Å². The monoisotopic (exact) mass is 607 g/mol. The van der Waals surface area contributed by atoms with Gasteiger partial charge in [-0.2, -0.15) is 0 Å². The molecule has 0 radical (unpaired) electrons. The summed E-state index contributed by atoms with van der Waals surface area (Å²) >= 11 is 0. The first-order chi connectivity index (χ1) is 21.4. The summed E-state index contributed by atoms with van der Waals surface area (Å²) in [6.07, 6.45) is 1.76. The predicted molar refractivity (Wildman–Crippen MR) is 173 cm³/mol. The van der Waals surface area contributed by atoms with E-state index in [1.54, 1.807) is 4.90 Å². The van der Waals surface area contributed by atoms with Crippen LogP contribution in [0.5, 0.6) is 11.5 Å². The lowest BCUT2D eigenvalue weighted by Gasteiger charge is -2.48. The first-order valence-electron chi connectivity index (χ1n) is 15.8. The minimum Gasteiger partial charge on any atom is -0.490 e. The van der Waals surface area contributed by atoms with E-state index in [0.29, 0.717) is 61.5 Å². The Kier molecular flexibility index (Phi) is 7.84. The molecule has 0 spiro atoms. The maximum Gasteiger partial charge on any atom is 0.323 e. The normalized spacial score (nSPS) is 19.4. The van der Waals surface area contributed by atoms with Crippen molar-refractivity contribution < 1.29 is 29.0 Å². The maximum atomic E-state index is 14.0. The molecule has 1 aliphatic heterocycles. The number of carboxylic acids is 1. The van der Waals surface area contributed by atoms with Gasteiger partial charge in [0.05, 0.1) is 6.61 Å². The molecule has 0 aromatic heterocycles. The predicted octanol–water partition coefficient (Wildman–Crippen LogP) is 7.59. The molecular formula is C38H41NO6. The van der Waals surface area contributed by atoms with Crippen molar-refractivity contribution in [1.29, 1.82) is 0 Å². The third-order valence-corrected chi connectivity index (χ3v) is 9.18. The second-order valence-corrected chi connectivity index (χ2v) is 14.1. The van der Waals surface area contributed by atoms with E-state index in [-0.39, 0.29) is 28.9 Å². The van der Waals surface area contributed by atoms with E-state index in [1.165, 1.54) is 0 Å². The summed E-state index contributed by atoms with van der Waals surface area (Å²) in [7, 11) is 0. The lowest BCUT2D eigenvalue weighted by atomic mass is 9.63. The molecule has 6 rings (SSSR count). The van der Waals surface area contributed by atoms with E-state index >= 15 is 0 Å². The van der Waals surface area contributed by atoms with E-state index in [4.69, 9.17) is 9.47 Å². The van der Waals surface area contributed by atoms with Gasteiger partial charge in [0.1, 0.15) is 13.2 Å². The van der Waals surface area contributed by atoms with Gasteiger partial charge in [0, 0.05) is 41.3 Å². The Morgan fingerprint density at radius 1 is 0.822 bits per heavy atom. The Hall–Kier alpha value is -4.39. The van der Waals surface area contributed by atoms with Gasteiger partial charge in [0.15, 0.2) is 23.1 Å². The van der Waals surface area contributed by atoms with Crippen LogP contribution in [0.4, 0.5) is 0 Å². The van der Waals surface area contributed by atoms with Crippen LogP contribution in [-0.2, 0) is 21.0 Å². The van der Waals surface area contributed by atoms with E-state index in [2.05, 4.69) is 24.3 Å². The Morgan fingerprint density at radius 2 is 1.44 bits per heavy atom. The van der Waals surface area contributed by atoms with Crippen molar-refractivity contribution in [2.75, 3.05) is 13.2 Å². The molecule has 0 saturated carbocycles. The number of benzene rings is 3. The number of nitrogens with zero attached hydrogens (tertiary/aromatic N) is 1. The fraction of sp³-hybridized carbons (Fsp3) is 0.395. The molecular weight excluding hydrogens is 566 g/mol. The third-order valence-electron chi connectivity index (χ3n) is 9.18. The van der Waals surface area contributed by atoms with Gasteiger partial charge >= 0.3 is 5.97 Å². The quantitative estimate of drug-likeness (QED) is 0.282. The average Bonchev–Trinajstić information content (AvgIpc) is 2.96. The zero-order chi connectivity index (χ0) is 32.1. The van der Waals surface area contributed by atoms with Crippen LogP contribution in [0.15, 0.2) is 83.2 Å². The van der Waals surface area contributed by atoms with Crippen molar-refractivity contribution in [3.05, 3.63) is 94.3 Å². The van der Waals surface area contributed by atoms with Crippen molar-refractivity contribution >= 4 is 28.3 Å². The summed E-state index contributed by atoms with van der Waals surface area (Å²) in [6.45, 7) is 10.5. The second kappa shape index (κ2) is 11.5. The second-order valence-electron chi connectivity index (χ2n) is 14.1. The lowest BCUT2D eigenvalue weighted by molar-refractivity contribution is -0.138. The van der Waals surface area contributed by atoms with Gasteiger partial charge in [-0.3, -0.25) is 14.4 Å². The average molecular weight is 608 g/mol. The molecule has 0 bridgehead atoms. The molecule has 3 aromatic rings. The van der Waals surface area contributed by atoms with Crippen LogP contribution in [0.25, 0.3) is 10.8 Å². The topological polar surface area (TPSA) is 93.1 Å². The summed E-state index contributed by atoms with van der Waals surface area (Å²) < 4.78 is 12.4. The number of rotatable bonds is 8. The molecule has 1 N–H and O–H groups in total. The Morgan fingerprint density at radius 3 is 2.07 bits per heavy atom. The highest BCUT2D eigenvalue weighted by Gasteiger charge is 2.49. The van der Waals surface area contributed by atoms with Crippen molar-refractivity contribution in [3.8, 4) is 11.5 Å².